The van der Waals surface area contributed by atoms with Gasteiger partial charge in [0.25, 0.3) is 5.91 Å². The summed E-state index contributed by atoms with van der Waals surface area (Å²) in [4.78, 5) is 12.7. The lowest BCUT2D eigenvalue weighted by atomic mass is 9.93. The topological polar surface area (TPSA) is 56.8 Å². The lowest BCUT2D eigenvalue weighted by Gasteiger charge is -2.30. The zero-order valence-corrected chi connectivity index (χ0v) is 16.7. The maximum Gasteiger partial charge on any atom is 0.261 e. The summed E-state index contributed by atoms with van der Waals surface area (Å²) in [5, 5.41) is 3.51. The fourth-order valence-corrected chi connectivity index (χ4v) is 3.02. The molecule has 144 valence electrons. The van der Waals surface area contributed by atoms with Gasteiger partial charge < -0.3 is 19.5 Å². The molecule has 0 spiro atoms. The van der Waals surface area contributed by atoms with Crippen LogP contribution in [0.15, 0.2) is 36.4 Å². The number of amides is 1. The van der Waals surface area contributed by atoms with E-state index in [4.69, 9.17) is 25.8 Å². The predicted octanol–water partition coefficient (Wildman–Crippen LogP) is 4.24. The molecule has 1 amide bonds. The number of hydrogen-bond donors (Lipinski definition) is 1. The average molecular weight is 390 g/mol. The van der Waals surface area contributed by atoms with Gasteiger partial charge in [-0.2, -0.15) is 0 Å². The molecule has 0 bridgehead atoms. The molecule has 1 aliphatic heterocycles. The highest BCUT2D eigenvalue weighted by molar-refractivity contribution is 6.32. The van der Waals surface area contributed by atoms with E-state index in [-0.39, 0.29) is 5.91 Å². The first kappa shape index (κ1) is 19.4. The van der Waals surface area contributed by atoms with E-state index >= 15 is 0 Å². The molecule has 1 heterocycles. The van der Waals surface area contributed by atoms with Crippen molar-refractivity contribution in [3.8, 4) is 17.2 Å². The minimum absolute atomic E-state index is 0.229. The molecule has 6 heteroatoms. The summed E-state index contributed by atoms with van der Waals surface area (Å²) in [5.74, 6) is 1.68. The molecule has 2 aromatic rings. The van der Waals surface area contributed by atoms with Crippen molar-refractivity contribution in [3.63, 3.8) is 0 Å². The number of nitrogens with one attached hydrogen (secondary N) is 1. The number of halogens is 1. The van der Waals surface area contributed by atoms with Crippen molar-refractivity contribution in [2.75, 3.05) is 13.2 Å². The van der Waals surface area contributed by atoms with Crippen LogP contribution in [0.3, 0.4) is 0 Å². The van der Waals surface area contributed by atoms with Crippen LogP contribution in [0.4, 0.5) is 0 Å². The Hall–Kier alpha value is -2.40. The van der Waals surface area contributed by atoms with Crippen molar-refractivity contribution in [2.45, 2.75) is 39.3 Å². The highest BCUT2D eigenvalue weighted by Gasteiger charge is 2.28. The molecule has 0 aromatic heterocycles. The van der Waals surface area contributed by atoms with Gasteiger partial charge >= 0.3 is 0 Å². The molecule has 3 rings (SSSR count). The molecule has 1 N–H and O–H groups in total. The average Bonchev–Trinajstić information content (AvgIpc) is 2.64. The van der Waals surface area contributed by atoms with Gasteiger partial charge in [-0.25, -0.2) is 0 Å². The molecule has 27 heavy (non-hydrogen) atoms. The van der Waals surface area contributed by atoms with Crippen LogP contribution in [0, 0.1) is 6.92 Å². The van der Waals surface area contributed by atoms with E-state index in [2.05, 4.69) is 5.32 Å². The molecule has 0 saturated carbocycles. The van der Waals surface area contributed by atoms with Crippen LogP contribution in [0.5, 0.6) is 17.2 Å². The van der Waals surface area contributed by atoms with Crippen LogP contribution in [0.2, 0.25) is 5.02 Å². The van der Waals surface area contributed by atoms with Crippen molar-refractivity contribution in [2.24, 2.45) is 0 Å². The van der Waals surface area contributed by atoms with E-state index in [1.54, 1.807) is 13.0 Å². The molecule has 1 unspecified atom stereocenters. The maximum atomic E-state index is 12.7. The van der Waals surface area contributed by atoms with E-state index in [0.29, 0.717) is 29.7 Å². The zero-order chi connectivity index (χ0) is 19.6. The van der Waals surface area contributed by atoms with Crippen molar-refractivity contribution in [1.82, 2.24) is 5.32 Å². The quantitative estimate of drug-likeness (QED) is 0.831. The van der Waals surface area contributed by atoms with Crippen LogP contribution in [-0.2, 0) is 10.3 Å². The van der Waals surface area contributed by atoms with E-state index in [1.807, 2.05) is 51.1 Å². The Morgan fingerprint density at radius 2 is 1.85 bits per heavy atom. The van der Waals surface area contributed by atoms with E-state index < -0.39 is 11.6 Å². The minimum atomic E-state index is -0.694. The Morgan fingerprint density at radius 1 is 1.15 bits per heavy atom. The third kappa shape index (κ3) is 4.48. The molecule has 5 nitrogen and oxygen atoms in total. The minimum Gasteiger partial charge on any atom is -0.486 e. The number of ether oxygens (including phenoxy) is 3. The molecule has 0 saturated heterocycles. The van der Waals surface area contributed by atoms with Gasteiger partial charge in [0.2, 0.25) is 0 Å². The molecule has 2 aromatic carbocycles. The van der Waals surface area contributed by atoms with Gasteiger partial charge in [-0.3, -0.25) is 4.79 Å². The van der Waals surface area contributed by atoms with Crippen molar-refractivity contribution in [1.29, 1.82) is 0 Å². The van der Waals surface area contributed by atoms with Crippen molar-refractivity contribution in [3.05, 3.63) is 52.5 Å². The molecule has 1 aliphatic rings. The summed E-state index contributed by atoms with van der Waals surface area (Å²) >= 11 is 6.16. The second kappa shape index (κ2) is 7.69. The SMILES string of the molecule is Cc1ccc(Cl)c(OC(C)C(=O)NC(C)(C)c2ccc3c(c2)OCCO3)c1. The smallest absolute Gasteiger partial charge is 0.261 e. The van der Waals surface area contributed by atoms with Crippen LogP contribution in [0.25, 0.3) is 0 Å². The molecule has 0 aliphatic carbocycles. The second-order valence-corrected chi connectivity index (χ2v) is 7.57. The monoisotopic (exact) mass is 389 g/mol. The summed E-state index contributed by atoms with van der Waals surface area (Å²) in [6, 6.07) is 11.2. The van der Waals surface area contributed by atoms with Gasteiger partial charge in [-0.1, -0.05) is 23.7 Å². The van der Waals surface area contributed by atoms with Gasteiger partial charge in [-0.05, 0) is 63.1 Å². The molecule has 1 atom stereocenters. The number of carbonyl (C=O) groups is 1. The fourth-order valence-electron chi connectivity index (χ4n) is 2.86. The largest absolute Gasteiger partial charge is 0.486 e. The number of aryl methyl sites for hydroxylation is 1. The van der Waals surface area contributed by atoms with E-state index in [1.165, 1.54) is 0 Å². The zero-order valence-electron chi connectivity index (χ0n) is 16.0. The lowest BCUT2D eigenvalue weighted by molar-refractivity contribution is -0.129. The Morgan fingerprint density at radius 3 is 2.59 bits per heavy atom. The number of hydrogen-bond acceptors (Lipinski definition) is 4. The van der Waals surface area contributed by atoms with Gasteiger partial charge in [0.15, 0.2) is 17.6 Å². The van der Waals surface area contributed by atoms with E-state index in [0.717, 1.165) is 16.9 Å². The molecular formula is C21H24ClNO4. The molecular weight excluding hydrogens is 366 g/mol. The predicted molar refractivity (Wildman–Crippen MR) is 105 cm³/mol. The van der Waals surface area contributed by atoms with E-state index in [9.17, 15) is 4.79 Å². The number of fused-ring (bicyclic) bond motifs is 1. The summed E-state index contributed by atoms with van der Waals surface area (Å²) in [5.41, 5.74) is 1.32. The Bertz CT molecular complexity index is 850. The third-order valence-electron chi connectivity index (χ3n) is 4.46. The van der Waals surface area contributed by atoms with Crippen molar-refractivity contribution < 1.29 is 19.0 Å². The first-order valence-electron chi connectivity index (χ1n) is 8.91. The standard InChI is InChI=1S/C21H24ClNO4/c1-13-5-7-16(22)18(11-13)27-14(2)20(24)23-21(3,4)15-6-8-17-19(12-15)26-10-9-25-17/h5-8,11-12,14H,9-10H2,1-4H3,(H,23,24). The van der Waals surface area contributed by atoms with Crippen LogP contribution in [-0.4, -0.2) is 25.2 Å². The Kier molecular flexibility index (Phi) is 5.51. The summed E-state index contributed by atoms with van der Waals surface area (Å²) in [7, 11) is 0. The second-order valence-electron chi connectivity index (χ2n) is 7.17. The Balaban J connectivity index is 1.71. The fraction of sp³-hybridized carbons (Fsp3) is 0.381. The summed E-state index contributed by atoms with van der Waals surface area (Å²) in [6.45, 7) is 8.58. The summed E-state index contributed by atoms with van der Waals surface area (Å²) < 4.78 is 17.0. The first-order chi connectivity index (χ1) is 12.8. The maximum absolute atomic E-state index is 12.7. The van der Waals surface area contributed by atoms with Crippen LogP contribution >= 0.6 is 11.6 Å². The summed E-state index contributed by atoms with van der Waals surface area (Å²) in [6.07, 6.45) is -0.694. The van der Waals surface area contributed by atoms with Gasteiger partial charge in [0.1, 0.15) is 19.0 Å². The first-order valence-corrected chi connectivity index (χ1v) is 9.29. The number of rotatable bonds is 5. The van der Waals surface area contributed by atoms with Gasteiger partial charge in [0.05, 0.1) is 10.6 Å². The highest BCUT2D eigenvalue weighted by atomic mass is 35.5. The Labute approximate surface area is 164 Å². The number of benzene rings is 2. The third-order valence-corrected chi connectivity index (χ3v) is 4.77. The molecule has 0 fully saturated rings. The normalized spacial score (nSPS) is 14.4. The lowest BCUT2D eigenvalue weighted by Crippen LogP contribution is -2.46. The van der Waals surface area contributed by atoms with Gasteiger partial charge in [0, 0.05) is 0 Å². The van der Waals surface area contributed by atoms with Gasteiger partial charge in [-0.15, -0.1) is 0 Å². The van der Waals surface area contributed by atoms with Crippen molar-refractivity contribution >= 4 is 17.5 Å². The van der Waals surface area contributed by atoms with Crippen LogP contribution in [0.1, 0.15) is 31.9 Å². The number of carbonyl (C=O) groups excluding carboxylic acids is 1. The highest BCUT2D eigenvalue weighted by Crippen LogP contribution is 2.34. The molecule has 0 radical (unpaired) electrons. The van der Waals surface area contributed by atoms with Crippen LogP contribution < -0.4 is 19.5 Å².